The molecule has 0 aliphatic rings. The summed E-state index contributed by atoms with van der Waals surface area (Å²) in [6, 6.07) is 6.20. The van der Waals surface area contributed by atoms with E-state index in [1.165, 1.54) is 19.1 Å². The predicted octanol–water partition coefficient (Wildman–Crippen LogP) is 0.349. The van der Waals surface area contributed by atoms with Crippen LogP contribution in [0.5, 0.6) is 5.75 Å². The molecule has 2 N–H and O–H groups in total. The second kappa shape index (κ2) is 5.60. The number of benzene rings is 1. The van der Waals surface area contributed by atoms with Crippen molar-refractivity contribution >= 4 is 45.4 Å². The molecule has 0 aliphatic carbocycles. The van der Waals surface area contributed by atoms with Crippen LogP contribution in [0.25, 0.3) is 0 Å². The fourth-order valence-electron chi connectivity index (χ4n) is 0.729. The van der Waals surface area contributed by atoms with Crippen LogP contribution in [0.4, 0.5) is 5.69 Å². The summed E-state index contributed by atoms with van der Waals surface area (Å²) in [5.41, 5.74) is 5.99. The molecule has 0 spiro atoms. The first kappa shape index (κ1) is 13.8. The standard InChI is InChI=1S/C8H11NO3S.Na.H/c1-2-13(10,11)12-8-5-3-7(9)4-6-8;;/h3-6H,2,9H2,1H3;;. The van der Waals surface area contributed by atoms with Gasteiger partial charge in [0.15, 0.2) is 0 Å². The van der Waals surface area contributed by atoms with E-state index in [0.717, 1.165) is 0 Å². The number of anilines is 1. The van der Waals surface area contributed by atoms with Crippen molar-refractivity contribution in [2.24, 2.45) is 0 Å². The van der Waals surface area contributed by atoms with Gasteiger partial charge in [-0.2, -0.15) is 8.42 Å². The van der Waals surface area contributed by atoms with E-state index in [1.54, 1.807) is 12.1 Å². The van der Waals surface area contributed by atoms with Crippen LogP contribution in [0.15, 0.2) is 24.3 Å². The van der Waals surface area contributed by atoms with Gasteiger partial charge < -0.3 is 9.92 Å². The van der Waals surface area contributed by atoms with E-state index >= 15 is 0 Å². The summed E-state index contributed by atoms with van der Waals surface area (Å²) in [6.07, 6.45) is 0. The maximum absolute atomic E-state index is 11.0. The molecular weight excluding hydrogens is 213 g/mol. The summed E-state index contributed by atoms with van der Waals surface area (Å²) >= 11 is 0. The average molecular weight is 225 g/mol. The number of hydrogen-bond donors (Lipinski definition) is 1. The Bertz CT molecular complexity index is 374. The van der Waals surface area contributed by atoms with Crippen LogP contribution in [0.2, 0.25) is 0 Å². The molecule has 74 valence electrons. The van der Waals surface area contributed by atoms with Crippen molar-refractivity contribution in [2.45, 2.75) is 6.92 Å². The first-order valence-electron chi connectivity index (χ1n) is 3.81. The minimum atomic E-state index is -3.43. The summed E-state index contributed by atoms with van der Waals surface area (Å²) in [6.45, 7) is 1.52. The fraction of sp³-hybridized carbons (Fsp3) is 0.250. The van der Waals surface area contributed by atoms with Gasteiger partial charge in [-0.3, -0.25) is 0 Å². The number of nitrogen functional groups attached to an aromatic ring is 1. The second-order valence-electron chi connectivity index (χ2n) is 2.50. The molecule has 0 saturated heterocycles. The first-order chi connectivity index (χ1) is 6.03. The van der Waals surface area contributed by atoms with Crippen molar-refractivity contribution in [1.82, 2.24) is 0 Å². The Kier molecular flexibility index (Phi) is 5.51. The SMILES string of the molecule is CCS(=O)(=O)Oc1ccc(N)cc1.[NaH]. The Hall–Kier alpha value is -0.230. The zero-order valence-electron chi connectivity index (χ0n) is 7.23. The molecule has 0 fully saturated rings. The van der Waals surface area contributed by atoms with Crippen molar-refractivity contribution in [3.63, 3.8) is 0 Å². The number of rotatable bonds is 3. The molecule has 0 heterocycles. The molecule has 0 saturated carbocycles. The summed E-state index contributed by atoms with van der Waals surface area (Å²) in [5, 5.41) is 0. The third-order valence-electron chi connectivity index (χ3n) is 1.46. The molecule has 0 atom stereocenters. The van der Waals surface area contributed by atoms with Gasteiger partial charge in [-0.05, 0) is 31.2 Å². The number of nitrogens with two attached hydrogens (primary N) is 1. The van der Waals surface area contributed by atoms with E-state index in [2.05, 4.69) is 0 Å². The molecule has 0 aliphatic heterocycles. The third kappa shape index (κ3) is 4.32. The van der Waals surface area contributed by atoms with Gasteiger partial charge in [0.1, 0.15) is 5.75 Å². The van der Waals surface area contributed by atoms with E-state index < -0.39 is 10.1 Å². The van der Waals surface area contributed by atoms with Gasteiger partial charge in [-0.15, -0.1) is 0 Å². The molecule has 0 bridgehead atoms. The van der Waals surface area contributed by atoms with E-state index in [0.29, 0.717) is 5.69 Å². The van der Waals surface area contributed by atoms with Crippen molar-refractivity contribution < 1.29 is 12.6 Å². The molecule has 0 radical (unpaired) electrons. The van der Waals surface area contributed by atoms with E-state index in [9.17, 15) is 8.42 Å². The van der Waals surface area contributed by atoms with Gasteiger partial charge in [0, 0.05) is 5.69 Å². The molecule has 0 aromatic heterocycles. The molecule has 1 rings (SSSR count). The third-order valence-corrected chi connectivity index (χ3v) is 2.61. The fourth-order valence-corrected chi connectivity index (χ4v) is 1.25. The maximum atomic E-state index is 11.0. The van der Waals surface area contributed by atoms with Gasteiger partial charge in [-0.25, -0.2) is 0 Å². The van der Waals surface area contributed by atoms with E-state index in [1.807, 2.05) is 0 Å². The zero-order valence-corrected chi connectivity index (χ0v) is 8.04. The van der Waals surface area contributed by atoms with Gasteiger partial charge in [0.25, 0.3) is 0 Å². The normalized spacial score (nSPS) is 10.4. The van der Waals surface area contributed by atoms with Gasteiger partial charge in [0.05, 0.1) is 5.75 Å². The number of hydrogen-bond acceptors (Lipinski definition) is 4. The van der Waals surface area contributed by atoms with Crippen LogP contribution in [0.1, 0.15) is 6.92 Å². The topological polar surface area (TPSA) is 69.4 Å². The van der Waals surface area contributed by atoms with Gasteiger partial charge in [0.2, 0.25) is 0 Å². The molecule has 14 heavy (non-hydrogen) atoms. The quantitative estimate of drug-likeness (QED) is 0.458. The molecule has 6 heteroatoms. The summed E-state index contributed by atoms with van der Waals surface area (Å²) in [7, 11) is -3.43. The Morgan fingerprint density at radius 2 is 1.79 bits per heavy atom. The summed E-state index contributed by atoms with van der Waals surface area (Å²) in [4.78, 5) is 0. The zero-order chi connectivity index (χ0) is 9.90. The van der Waals surface area contributed by atoms with Crippen molar-refractivity contribution in [3.8, 4) is 5.75 Å². The van der Waals surface area contributed by atoms with Gasteiger partial charge >= 0.3 is 39.7 Å². The predicted molar refractivity (Wildman–Crippen MR) is 58.1 cm³/mol. The van der Waals surface area contributed by atoms with Crippen LogP contribution in [-0.4, -0.2) is 43.7 Å². The van der Waals surface area contributed by atoms with Crippen LogP contribution in [-0.2, 0) is 10.1 Å². The molecule has 1 aromatic rings. The van der Waals surface area contributed by atoms with E-state index in [-0.39, 0.29) is 41.1 Å². The molecule has 1 aromatic carbocycles. The Labute approximate surface area is 106 Å². The van der Waals surface area contributed by atoms with Crippen molar-refractivity contribution in [1.29, 1.82) is 0 Å². The monoisotopic (exact) mass is 225 g/mol. The average Bonchev–Trinajstić information content (AvgIpc) is 2.09. The van der Waals surface area contributed by atoms with Gasteiger partial charge in [-0.1, -0.05) is 0 Å². The Morgan fingerprint density at radius 3 is 2.21 bits per heavy atom. The van der Waals surface area contributed by atoms with Crippen LogP contribution < -0.4 is 9.92 Å². The molecule has 4 nitrogen and oxygen atoms in total. The van der Waals surface area contributed by atoms with Crippen LogP contribution >= 0.6 is 0 Å². The van der Waals surface area contributed by atoms with Crippen LogP contribution in [0, 0.1) is 0 Å². The molecule has 0 amide bonds. The van der Waals surface area contributed by atoms with Crippen LogP contribution in [0.3, 0.4) is 0 Å². The molecule has 0 unspecified atom stereocenters. The summed E-state index contributed by atoms with van der Waals surface area (Å²) < 4.78 is 26.7. The minimum absolute atomic E-state index is 0. The van der Waals surface area contributed by atoms with Crippen molar-refractivity contribution in [2.75, 3.05) is 11.5 Å². The van der Waals surface area contributed by atoms with Crippen molar-refractivity contribution in [3.05, 3.63) is 24.3 Å². The summed E-state index contributed by atoms with van der Waals surface area (Å²) in [5.74, 6) is 0.244. The Balaban J connectivity index is 0.00000169. The molecular formula is C8H12NNaO3S. The Morgan fingerprint density at radius 1 is 1.29 bits per heavy atom. The van der Waals surface area contributed by atoms with E-state index in [4.69, 9.17) is 9.92 Å². The first-order valence-corrected chi connectivity index (χ1v) is 5.39. The second-order valence-corrected chi connectivity index (χ2v) is 4.36.